The van der Waals surface area contributed by atoms with E-state index >= 15 is 0 Å². The maximum Gasteiger partial charge on any atom is 0.303 e. The first-order valence-electron chi connectivity index (χ1n) is 8.52. The molecule has 0 saturated heterocycles. The van der Waals surface area contributed by atoms with Crippen molar-refractivity contribution in [2.24, 2.45) is 17.8 Å². The Morgan fingerprint density at radius 2 is 2.18 bits per heavy atom. The van der Waals surface area contributed by atoms with Gasteiger partial charge in [0, 0.05) is 18.8 Å². The molecule has 3 heteroatoms. The number of hydrogen-bond donors (Lipinski definition) is 1. The molecule has 1 N–H and O–H groups in total. The molecule has 1 heterocycles. The van der Waals surface area contributed by atoms with Crippen molar-refractivity contribution in [3.05, 3.63) is 42.2 Å². The third-order valence-corrected chi connectivity index (χ3v) is 5.49. The van der Waals surface area contributed by atoms with E-state index in [9.17, 15) is 4.79 Å². The molecule has 4 atom stereocenters. The quantitative estimate of drug-likeness (QED) is 0.599. The fourth-order valence-electron chi connectivity index (χ4n) is 4.58. The normalized spacial score (nSPS) is 30.2. The second-order valence-electron chi connectivity index (χ2n) is 6.80. The van der Waals surface area contributed by atoms with Crippen LogP contribution in [0.5, 0.6) is 0 Å². The maximum absolute atomic E-state index is 10.5. The highest BCUT2D eigenvalue weighted by atomic mass is 16.4. The number of fused-ring (bicyclic) bond motifs is 2. The molecule has 0 spiro atoms. The number of pyridine rings is 1. The lowest BCUT2D eigenvalue weighted by Gasteiger charge is -2.30. The number of carboxylic acid groups (broad SMARTS) is 1. The van der Waals surface area contributed by atoms with Crippen molar-refractivity contribution in [1.29, 1.82) is 0 Å². The van der Waals surface area contributed by atoms with Crippen molar-refractivity contribution in [1.82, 2.24) is 4.98 Å². The molecule has 0 aliphatic heterocycles. The van der Waals surface area contributed by atoms with Crippen molar-refractivity contribution >= 4 is 5.97 Å². The number of carboxylic acids is 1. The summed E-state index contributed by atoms with van der Waals surface area (Å²) in [5.41, 5.74) is 1.42. The SMILES string of the molecule is O=C(O)CCC/C=C\C[C@@H]1C2CCC(C2)C1c1cccnc1. The lowest BCUT2D eigenvalue weighted by atomic mass is 9.74. The predicted molar refractivity (Wildman–Crippen MR) is 86.5 cm³/mol. The van der Waals surface area contributed by atoms with Gasteiger partial charge in [-0.1, -0.05) is 18.2 Å². The third-order valence-electron chi connectivity index (χ3n) is 5.49. The third kappa shape index (κ3) is 3.40. The van der Waals surface area contributed by atoms with Gasteiger partial charge in [-0.25, -0.2) is 0 Å². The van der Waals surface area contributed by atoms with Crippen molar-refractivity contribution in [2.45, 2.75) is 50.9 Å². The van der Waals surface area contributed by atoms with Crippen LogP contribution in [-0.2, 0) is 4.79 Å². The van der Waals surface area contributed by atoms with Gasteiger partial charge in [-0.15, -0.1) is 0 Å². The van der Waals surface area contributed by atoms with Crippen LogP contribution in [0.1, 0.15) is 56.4 Å². The Labute approximate surface area is 132 Å². The summed E-state index contributed by atoms with van der Waals surface area (Å²) in [5.74, 6) is 2.45. The molecule has 118 valence electrons. The second kappa shape index (κ2) is 7.08. The first kappa shape index (κ1) is 15.3. The zero-order valence-electron chi connectivity index (χ0n) is 13.0. The predicted octanol–water partition coefficient (Wildman–Crippen LogP) is 4.41. The van der Waals surface area contributed by atoms with Crippen molar-refractivity contribution < 1.29 is 9.90 Å². The first-order chi connectivity index (χ1) is 10.8. The van der Waals surface area contributed by atoms with Gasteiger partial charge < -0.3 is 5.11 Å². The largest absolute Gasteiger partial charge is 0.481 e. The van der Waals surface area contributed by atoms with Gasteiger partial charge >= 0.3 is 5.97 Å². The van der Waals surface area contributed by atoms with Gasteiger partial charge in [0.2, 0.25) is 0 Å². The van der Waals surface area contributed by atoms with Gasteiger partial charge in [0.25, 0.3) is 0 Å². The van der Waals surface area contributed by atoms with Crippen molar-refractivity contribution in [3.63, 3.8) is 0 Å². The van der Waals surface area contributed by atoms with E-state index in [0.29, 0.717) is 5.92 Å². The fraction of sp³-hybridized carbons (Fsp3) is 0.579. The molecule has 2 bridgehead atoms. The Kier molecular flexibility index (Phi) is 4.91. The first-order valence-corrected chi connectivity index (χ1v) is 8.52. The van der Waals surface area contributed by atoms with Crippen LogP contribution in [0.4, 0.5) is 0 Å². The van der Waals surface area contributed by atoms with Gasteiger partial charge in [0.05, 0.1) is 0 Å². The van der Waals surface area contributed by atoms with E-state index < -0.39 is 5.97 Å². The second-order valence-corrected chi connectivity index (χ2v) is 6.80. The van der Waals surface area contributed by atoms with Gasteiger partial charge in [-0.2, -0.15) is 0 Å². The van der Waals surface area contributed by atoms with E-state index in [-0.39, 0.29) is 6.42 Å². The fourth-order valence-corrected chi connectivity index (χ4v) is 4.58. The van der Waals surface area contributed by atoms with Gasteiger partial charge in [0.1, 0.15) is 0 Å². The van der Waals surface area contributed by atoms with Crippen molar-refractivity contribution in [3.8, 4) is 0 Å². The Balaban J connectivity index is 1.57. The molecule has 2 saturated carbocycles. The molecule has 2 aliphatic carbocycles. The molecule has 2 fully saturated rings. The molecular weight excluding hydrogens is 274 g/mol. The zero-order valence-corrected chi connectivity index (χ0v) is 13.0. The Hall–Kier alpha value is -1.64. The highest BCUT2D eigenvalue weighted by Crippen LogP contribution is 2.57. The van der Waals surface area contributed by atoms with Gasteiger partial charge in [-0.3, -0.25) is 9.78 Å². The minimum atomic E-state index is -0.696. The number of hydrogen-bond acceptors (Lipinski definition) is 2. The van der Waals surface area contributed by atoms with Crippen LogP contribution >= 0.6 is 0 Å². The minimum Gasteiger partial charge on any atom is -0.481 e. The zero-order chi connectivity index (χ0) is 15.4. The van der Waals surface area contributed by atoms with Crippen LogP contribution in [0.15, 0.2) is 36.7 Å². The summed E-state index contributed by atoms with van der Waals surface area (Å²) in [6, 6.07) is 4.29. The summed E-state index contributed by atoms with van der Waals surface area (Å²) in [6.45, 7) is 0. The Morgan fingerprint density at radius 3 is 2.95 bits per heavy atom. The van der Waals surface area contributed by atoms with Gasteiger partial charge in [-0.05, 0) is 73.8 Å². The average molecular weight is 299 g/mol. The van der Waals surface area contributed by atoms with E-state index in [4.69, 9.17) is 5.11 Å². The number of carbonyl (C=O) groups is 1. The molecule has 1 aromatic heterocycles. The summed E-state index contributed by atoms with van der Waals surface area (Å²) in [4.78, 5) is 14.8. The van der Waals surface area contributed by atoms with Crippen molar-refractivity contribution in [2.75, 3.05) is 0 Å². The molecule has 3 nitrogen and oxygen atoms in total. The molecule has 3 rings (SSSR count). The molecule has 0 amide bonds. The molecule has 3 unspecified atom stereocenters. The highest BCUT2D eigenvalue weighted by Gasteiger charge is 2.47. The number of allylic oxidation sites excluding steroid dienone is 2. The summed E-state index contributed by atoms with van der Waals surface area (Å²) in [5, 5.41) is 8.64. The Morgan fingerprint density at radius 1 is 1.32 bits per heavy atom. The number of aromatic nitrogens is 1. The number of unbranched alkanes of at least 4 members (excludes halogenated alkanes) is 1. The standard InChI is InChI=1S/C19H25NO2/c21-18(22)8-4-2-1-3-7-17-14-9-10-15(12-14)19(17)16-6-5-11-20-13-16/h1,3,5-6,11,13-15,17,19H,2,4,7-10,12H2,(H,21,22)/b3-1-/t14?,15?,17-,19?/m1/s1. The van der Waals surface area contributed by atoms with Crippen LogP contribution in [0, 0.1) is 17.8 Å². The summed E-state index contributed by atoms with van der Waals surface area (Å²) in [6.07, 6.45) is 15.6. The lowest BCUT2D eigenvalue weighted by Crippen LogP contribution is -2.20. The molecule has 0 radical (unpaired) electrons. The lowest BCUT2D eigenvalue weighted by molar-refractivity contribution is -0.137. The monoisotopic (exact) mass is 299 g/mol. The van der Waals surface area contributed by atoms with E-state index in [2.05, 4.69) is 35.5 Å². The van der Waals surface area contributed by atoms with E-state index in [1.54, 1.807) is 0 Å². The van der Waals surface area contributed by atoms with E-state index in [1.807, 2.05) is 6.20 Å². The summed E-state index contributed by atoms with van der Waals surface area (Å²) < 4.78 is 0. The van der Waals surface area contributed by atoms with Crippen LogP contribution < -0.4 is 0 Å². The molecular formula is C19H25NO2. The molecule has 1 aromatic rings. The molecule has 2 aliphatic rings. The van der Waals surface area contributed by atoms with E-state index in [0.717, 1.165) is 37.0 Å². The topological polar surface area (TPSA) is 50.2 Å². The van der Waals surface area contributed by atoms with Crippen LogP contribution in [0.25, 0.3) is 0 Å². The number of rotatable bonds is 7. The van der Waals surface area contributed by atoms with Gasteiger partial charge in [0.15, 0.2) is 0 Å². The van der Waals surface area contributed by atoms with Crippen LogP contribution in [0.2, 0.25) is 0 Å². The van der Waals surface area contributed by atoms with Crippen LogP contribution in [0.3, 0.4) is 0 Å². The smallest absolute Gasteiger partial charge is 0.303 e. The summed E-state index contributed by atoms with van der Waals surface area (Å²) in [7, 11) is 0. The number of aliphatic carboxylic acids is 1. The Bertz CT molecular complexity index is 525. The van der Waals surface area contributed by atoms with E-state index in [1.165, 1.54) is 24.8 Å². The summed E-state index contributed by atoms with van der Waals surface area (Å²) >= 11 is 0. The average Bonchev–Trinajstić information content (AvgIpc) is 3.12. The number of nitrogens with zero attached hydrogens (tertiary/aromatic N) is 1. The minimum absolute atomic E-state index is 0.275. The molecule has 22 heavy (non-hydrogen) atoms. The molecule has 0 aromatic carbocycles. The highest BCUT2D eigenvalue weighted by molar-refractivity contribution is 5.66. The maximum atomic E-state index is 10.5. The van der Waals surface area contributed by atoms with Crippen LogP contribution in [-0.4, -0.2) is 16.1 Å².